The van der Waals surface area contributed by atoms with E-state index in [4.69, 9.17) is 27.9 Å². The van der Waals surface area contributed by atoms with Crippen LogP contribution in [0.1, 0.15) is 19.5 Å². The third-order valence-corrected chi connectivity index (χ3v) is 5.70. The standard InChI is InChI=1S/C16H16Cl2N2O3S2/c1-3-20(10(2)21)16-19-12(8-25-16)7-23-15(22)9-24-14-6-11(17)4-5-13(14)18/h4-6,8H,3,7,9H2,1-2H3. The average Bonchev–Trinajstić information content (AvgIpc) is 3.02. The van der Waals surface area contributed by atoms with Gasteiger partial charge in [0, 0.05) is 28.8 Å². The molecule has 25 heavy (non-hydrogen) atoms. The van der Waals surface area contributed by atoms with Crippen molar-refractivity contribution in [3.63, 3.8) is 0 Å². The Labute approximate surface area is 164 Å². The van der Waals surface area contributed by atoms with E-state index in [0.717, 1.165) is 4.90 Å². The third-order valence-electron chi connectivity index (χ3n) is 3.09. The molecule has 0 fully saturated rings. The number of halogens is 2. The fourth-order valence-electron chi connectivity index (χ4n) is 1.90. The molecule has 0 aliphatic heterocycles. The van der Waals surface area contributed by atoms with Crippen LogP contribution in [0.15, 0.2) is 28.5 Å². The average molecular weight is 419 g/mol. The molecule has 2 rings (SSSR count). The maximum Gasteiger partial charge on any atom is 0.316 e. The Morgan fingerprint density at radius 3 is 2.80 bits per heavy atom. The lowest BCUT2D eigenvalue weighted by molar-refractivity contribution is -0.141. The summed E-state index contributed by atoms with van der Waals surface area (Å²) in [6, 6.07) is 5.07. The summed E-state index contributed by atoms with van der Waals surface area (Å²) in [4.78, 5) is 30.0. The Bertz CT molecular complexity index is 768. The van der Waals surface area contributed by atoms with Crippen molar-refractivity contribution in [2.75, 3.05) is 17.2 Å². The second-order valence-electron chi connectivity index (χ2n) is 4.91. The van der Waals surface area contributed by atoms with Crippen molar-refractivity contribution >= 4 is 63.3 Å². The summed E-state index contributed by atoms with van der Waals surface area (Å²) in [6.07, 6.45) is 0. The molecular formula is C16H16Cl2N2O3S2. The van der Waals surface area contributed by atoms with E-state index in [9.17, 15) is 9.59 Å². The van der Waals surface area contributed by atoms with E-state index in [1.807, 2.05) is 6.92 Å². The predicted octanol–water partition coefficient (Wildman–Crippen LogP) is 4.66. The molecule has 0 saturated heterocycles. The van der Waals surface area contributed by atoms with Crippen molar-refractivity contribution in [1.82, 2.24) is 4.98 Å². The molecule has 0 saturated carbocycles. The van der Waals surface area contributed by atoms with Crippen molar-refractivity contribution in [3.8, 4) is 0 Å². The number of esters is 1. The van der Waals surface area contributed by atoms with Gasteiger partial charge in [0.05, 0.1) is 16.5 Å². The van der Waals surface area contributed by atoms with Crippen LogP contribution in [0, 0.1) is 0 Å². The van der Waals surface area contributed by atoms with Crippen molar-refractivity contribution in [2.45, 2.75) is 25.3 Å². The highest BCUT2D eigenvalue weighted by Crippen LogP contribution is 2.30. The van der Waals surface area contributed by atoms with Gasteiger partial charge in [0.15, 0.2) is 5.13 Å². The van der Waals surface area contributed by atoms with Crippen LogP contribution in [-0.2, 0) is 20.9 Å². The van der Waals surface area contributed by atoms with Crippen molar-refractivity contribution in [3.05, 3.63) is 39.3 Å². The van der Waals surface area contributed by atoms with Gasteiger partial charge in [0.2, 0.25) is 5.91 Å². The van der Waals surface area contributed by atoms with Crippen LogP contribution >= 0.6 is 46.3 Å². The van der Waals surface area contributed by atoms with E-state index in [-0.39, 0.29) is 24.2 Å². The summed E-state index contributed by atoms with van der Waals surface area (Å²) in [6.45, 7) is 3.97. The molecule has 0 atom stereocenters. The maximum absolute atomic E-state index is 11.9. The fraction of sp³-hybridized carbons (Fsp3) is 0.312. The van der Waals surface area contributed by atoms with Gasteiger partial charge in [-0.1, -0.05) is 23.2 Å². The number of thiazole rings is 1. The molecule has 0 radical (unpaired) electrons. The quantitative estimate of drug-likeness (QED) is 0.483. The second-order valence-corrected chi connectivity index (χ2v) is 7.61. The van der Waals surface area contributed by atoms with Gasteiger partial charge in [-0.15, -0.1) is 23.1 Å². The van der Waals surface area contributed by atoms with Gasteiger partial charge in [0.25, 0.3) is 0 Å². The summed E-state index contributed by atoms with van der Waals surface area (Å²) >= 11 is 14.6. The number of hydrogen-bond donors (Lipinski definition) is 0. The zero-order valence-electron chi connectivity index (χ0n) is 13.6. The SMILES string of the molecule is CCN(C(C)=O)c1nc(COC(=O)CSc2cc(Cl)ccc2Cl)cs1. The summed E-state index contributed by atoms with van der Waals surface area (Å²) in [5, 5.41) is 3.47. The number of rotatable bonds is 7. The number of amides is 1. The molecule has 0 bridgehead atoms. The van der Waals surface area contributed by atoms with Gasteiger partial charge in [-0.2, -0.15) is 0 Å². The first-order chi connectivity index (χ1) is 11.9. The van der Waals surface area contributed by atoms with Crippen LogP contribution in [0.25, 0.3) is 0 Å². The Balaban J connectivity index is 1.85. The molecule has 1 amide bonds. The molecule has 2 aromatic rings. The number of ether oxygens (including phenoxy) is 1. The van der Waals surface area contributed by atoms with E-state index in [1.54, 1.807) is 28.5 Å². The minimum absolute atomic E-state index is 0.0641. The molecule has 0 N–H and O–H groups in total. The second kappa shape index (κ2) is 9.43. The van der Waals surface area contributed by atoms with E-state index in [2.05, 4.69) is 4.98 Å². The number of nitrogens with zero attached hydrogens (tertiary/aromatic N) is 2. The largest absolute Gasteiger partial charge is 0.459 e. The summed E-state index contributed by atoms with van der Waals surface area (Å²) in [7, 11) is 0. The number of benzene rings is 1. The Hall–Kier alpha value is -1.28. The predicted molar refractivity (Wildman–Crippen MR) is 103 cm³/mol. The Morgan fingerprint density at radius 2 is 2.12 bits per heavy atom. The highest BCUT2D eigenvalue weighted by atomic mass is 35.5. The lowest BCUT2D eigenvalue weighted by Gasteiger charge is -2.14. The first kappa shape index (κ1) is 20.0. The normalized spacial score (nSPS) is 10.6. The molecular weight excluding hydrogens is 403 g/mol. The summed E-state index contributed by atoms with van der Waals surface area (Å²) < 4.78 is 5.21. The highest BCUT2D eigenvalue weighted by molar-refractivity contribution is 8.00. The molecule has 0 aliphatic rings. The molecule has 5 nitrogen and oxygen atoms in total. The van der Waals surface area contributed by atoms with Gasteiger partial charge in [-0.05, 0) is 25.1 Å². The first-order valence-electron chi connectivity index (χ1n) is 7.36. The van der Waals surface area contributed by atoms with E-state index < -0.39 is 0 Å². The van der Waals surface area contributed by atoms with E-state index >= 15 is 0 Å². The first-order valence-corrected chi connectivity index (χ1v) is 9.98. The lowest BCUT2D eigenvalue weighted by Crippen LogP contribution is -2.27. The third kappa shape index (κ3) is 5.88. The van der Waals surface area contributed by atoms with Gasteiger partial charge >= 0.3 is 5.97 Å². The van der Waals surface area contributed by atoms with Crippen molar-refractivity contribution < 1.29 is 14.3 Å². The molecule has 1 heterocycles. The van der Waals surface area contributed by atoms with Gasteiger partial charge in [0.1, 0.15) is 6.61 Å². The molecule has 0 spiro atoms. The zero-order chi connectivity index (χ0) is 18.4. The summed E-state index contributed by atoms with van der Waals surface area (Å²) in [5.41, 5.74) is 0.610. The van der Waals surface area contributed by atoms with Crippen LogP contribution in [0.2, 0.25) is 10.0 Å². The van der Waals surface area contributed by atoms with E-state index in [1.165, 1.54) is 30.0 Å². The van der Waals surface area contributed by atoms with Crippen LogP contribution in [0.3, 0.4) is 0 Å². The smallest absolute Gasteiger partial charge is 0.316 e. The number of carbonyl (C=O) groups is 2. The summed E-state index contributed by atoms with van der Waals surface area (Å²) in [5.74, 6) is -0.337. The van der Waals surface area contributed by atoms with Crippen LogP contribution < -0.4 is 4.90 Å². The number of hydrogen-bond acceptors (Lipinski definition) is 6. The molecule has 0 unspecified atom stereocenters. The molecule has 1 aromatic heterocycles. The monoisotopic (exact) mass is 418 g/mol. The minimum atomic E-state index is -0.380. The van der Waals surface area contributed by atoms with Crippen LogP contribution in [-0.4, -0.2) is 29.2 Å². The van der Waals surface area contributed by atoms with E-state index in [0.29, 0.717) is 27.4 Å². The minimum Gasteiger partial charge on any atom is -0.459 e. The molecule has 9 heteroatoms. The number of carbonyl (C=O) groups excluding carboxylic acids is 2. The van der Waals surface area contributed by atoms with Crippen LogP contribution in [0.4, 0.5) is 5.13 Å². The lowest BCUT2D eigenvalue weighted by atomic mass is 10.4. The van der Waals surface area contributed by atoms with Crippen LogP contribution in [0.5, 0.6) is 0 Å². The highest BCUT2D eigenvalue weighted by Gasteiger charge is 2.14. The maximum atomic E-state index is 11.9. The number of thioether (sulfide) groups is 1. The van der Waals surface area contributed by atoms with Gasteiger partial charge in [-0.25, -0.2) is 4.98 Å². The van der Waals surface area contributed by atoms with Gasteiger partial charge < -0.3 is 4.74 Å². The number of anilines is 1. The topological polar surface area (TPSA) is 59.5 Å². The van der Waals surface area contributed by atoms with Gasteiger partial charge in [-0.3, -0.25) is 14.5 Å². The Kier molecular flexibility index (Phi) is 7.56. The van der Waals surface area contributed by atoms with Crippen molar-refractivity contribution in [2.24, 2.45) is 0 Å². The molecule has 0 aliphatic carbocycles. The number of aromatic nitrogens is 1. The Morgan fingerprint density at radius 1 is 1.36 bits per heavy atom. The fourth-order valence-corrected chi connectivity index (χ4v) is 4.11. The molecule has 1 aromatic carbocycles. The molecule has 134 valence electrons. The van der Waals surface area contributed by atoms with Crippen molar-refractivity contribution in [1.29, 1.82) is 0 Å². The zero-order valence-corrected chi connectivity index (χ0v) is 16.8.